The Morgan fingerprint density at radius 3 is 2.52 bits per heavy atom. The molecule has 0 saturated carbocycles. The molecule has 2 aromatic heterocycles. The van der Waals surface area contributed by atoms with Crippen LogP contribution < -0.4 is 10.9 Å². The molecule has 0 aliphatic carbocycles. The monoisotopic (exact) mass is 347 g/mol. The summed E-state index contributed by atoms with van der Waals surface area (Å²) in [5, 5.41) is 2.26. The topological polar surface area (TPSA) is 63.5 Å². The largest absolute Gasteiger partial charge is 0.417 e. The number of carbonyl (C=O) groups excluding carboxylic acids is 1. The molecule has 5 nitrogen and oxygen atoms in total. The van der Waals surface area contributed by atoms with Crippen LogP contribution in [0.3, 0.4) is 0 Å². The standard InChI is InChI=1S/C17H12F3N3O2/c1-10-14(16(25)23-9-5-4-8-13(23)21-10)22-15(24)11-6-2-3-7-12(11)17(18,19)20/h2-9H,1H3,(H,22,24). The number of aromatic nitrogens is 2. The smallest absolute Gasteiger partial charge is 0.316 e. The molecule has 1 N–H and O–H groups in total. The van der Waals surface area contributed by atoms with Crippen LogP contribution in [0.25, 0.3) is 5.65 Å². The quantitative estimate of drug-likeness (QED) is 0.774. The summed E-state index contributed by atoms with van der Waals surface area (Å²) >= 11 is 0. The maximum Gasteiger partial charge on any atom is 0.417 e. The van der Waals surface area contributed by atoms with E-state index < -0.39 is 28.8 Å². The molecule has 0 unspecified atom stereocenters. The number of pyridine rings is 1. The van der Waals surface area contributed by atoms with Crippen molar-refractivity contribution in [2.24, 2.45) is 0 Å². The Bertz CT molecular complexity index is 1030. The number of hydrogen-bond donors (Lipinski definition) is 1. The van der Waals surface area contributed by atoms with Crippen LogP contribution in [0.4, 0.5) is 18.9 Å². The van der Waals surface area contributed by atoms with Crippen LogP contribution in [0, 0.1) is 6.92 Å². The maximum absolute atomic E-state index is 13.1. The highest BCUT2D eigenvalue weighted by atomic mass is 19.4. The van der Waals surface area contributed by atoms with Crippen LogP contribution in [-0.2, 0) is 6.18 Å². The van der Waals surface area contributed by atoms with Crippen molar-refractivity contribution in [3.8, 4) is 0 Å². The number of anilines is 1. The first-order chi connectivity index (χ1) is 11.8. The minimum absolute atomic E-state index is 0.161. The number of hydrogen-bond acceptors (Lipinski definition) is 3. The molecule has 0 atom stereocenters. The summed E-state index contributed by atoms with van der Waals surface area (Å²) in [6.45, 7) is 1.50. The van der Waals surface area contributed by atoms with Crippen LogP contribution >= 0.6 is 0 Å². The van der Waals surface area contributed by atoms with Crippen LogP contribution in [0.1, 0.15) is 21.6 Å². The highest BCUT2D eigenvalue weighted by molar-refractivity contribution is 6.05. The summed E-state index contributed by atoms with van der Waals surface area (Å²) in [5.41, 5.74) is -1.77. The molecular formula is C17H12F3N3O2. The van der Waals surface area contributed by atoms with Crippen LogP contribution in [-0.4, -0.2) is 15.3 Å². The minimum atomic E-state index is -4.68. The van der Waals surface area contributed by atoms with Gasteiger partial charge in [0.05, 0.1) is 16.8 Å². The van der Waals surface area contributed by atoms with Gasteiger partial charge in [0.2, 0.25) is 0 Å². The lowest BCUT2D eigenvalue weighted by Crippen LogP contribution is -2.26. The number of halogens is 3. The molecule has 0 aliphatic heterocycles. The van der Waals surface area contributed by atoms with Gasteiger partial charge in [-0.25, -0.2) is 4.98 Å². The zero-order chi connectivity index (χ0) is 18.2. The van der Waals surface area contributed by atoms with Gasteiger partial charge in [0.25, 0.3) is 11.5 Å². The molecule has 0 saturated heterocycles. The Kier molecular flexibility index (Phi) is 4.03. The third-order valence-electron chi connectivity index (χ3n) is 3.63. The first kappa shape index (κ1) is 16.7. The molecule has 2 heterocycles. The number of amides is 1. The van der Waals surface area contributed by atoms with Gasteiger partial charge in [0, 0.05) is 6.20 Å². The van der Waals surface area contributed by atoms with E-state index in [4.69, 9.17) is 0 Å². The lowest BCUT2D eigenvalue weighted by atomic mass is 10.1. The van der Waals surface area contributed by atoms with Gasteiger partial charge in [-0.05, 0) is 31.2 Å². The number of alkyl halides is 3. The lowest BCUT2D eigenvalue weighted by Gasteiger charge is -2.13. The molecule has 0 radical (unpaired) electrons. The Labute approximate surface area is 139 Å². The van der Waals surface area contributed by atoms with E-state index in [0.717, 1.165) is 12.1 Å². The van der Waals surface area contributed by atoms with Crippen molar-refractivity contribution in [1.82, 2.24) is 9.38 Å². The predicted octanol–water partition coefficient (Wildman–Crippen LogP) is 3.27. The van der Waals surface area contributed by atoms with Gasteiger partial charge < -0.3 is 5.32 Å². The Morgan fingerprint density at radius 2 is 1.80 bits per heavy atom. The van der Waals surface area contributed by atoms with Gasteiger partial charge in [-0.1, -0.05) is 18.2 Å². The molecule has 0 spiro atoms. The Morgan fingerprint density at radius 1 is 1.12 bits per heavy atom. The zero-order valence-electron chi connectivity index (χ0n) is 13.0. The van der Waals surface area contributed by atoms with Crippen molar-refractivity contribution in [1.29, 1.82) is 0 Å². The van der Waals surface area contributed by atoms with Crippen molar-refractivity contribution in [3.63, 3.8) is 0 Å². The molecule has 128 valence electrons. The third-order valence-corrected chi connectivity index (χ3v) is 3.63. The van der Waals surface area contributed by atoms with Crippen molar-refractivity contribution in [2.45, 2.75) is 13.1 Å². The number of rotatable bonds is 2. The summed E-state index contributed by atoms with van der Waals surface area (Å²) in [7, 11) is 0. The van der Waals surface area contributed by atoms with Crippen LogP contribution in [0.5, 0.6) is 0 Å². The van der Waals surface area contributed by atoms with Crippen molar-refractivity contribution < 1.29 is 18.0 Å². The SMILES string of the molecule is Cc1nc2ccccn2c(=O)c1NC(=O)c1ccccc1C(F)(F)F. The Hall–Kier alpha value is -3.16. The predicted molar refractivity (Wildman–Crippen MR) is 85.6 cm³/mol. The second-order valence-corrected chi connectivity index (χ2v) is 5.30. The Balaban J connectivity index is 2.06. The highest BCUT2D eigenvalue weighted by Crippen LogP contribution is 2.32. The summed E-state index contributed by atoms with van der Waals surface area (Å²) in [6.07, 6.45) is -3.22. The first-order valence-corrected chi connectivity index (χ1v) is 7.24. The van der Waals surface area contributed by atoms with E-state index in [1.165, 1.54) is 29.7 Å². The van der Waals surface area contributed by atoms with E-state index in [1.54, 1.807) is 18.2 Å². The lowest BCUT2D eigenvalue weighted by molar-refractivity contribution is -0.137. The molecule has 3 rings (SSSR count). The molecule has 3 aromatic rings. The van der Waals surface area contributed by atoms with Gasteiger partial charge in [-0.15, -0.1) is 0 Å². The van der Waals surface area contributed by atoms with E-state index in [9.17, 15) is 22.8 Å². The van der Waals surface area contributed by atoms with E-state index >= 15 is 0 Å². The first-order valence-electron chi connectivity index (χ1n) is 7.24. The summed E-state index contributed by atoms with van der Waals surface area (Å²) in [6, 6.07) is 9.29. The summed E-state index contributed by atoms with van der Waals surface area (Å²) in [5.74, 6) is -1.02. The molecule has 0 fully saturated rings. The van der Waals surface area contributed by atoms with E-state index in [1.807, 2.05) is 0 Å². The molecule has 0 aliphatic rings. The van der Waals surface area contributed by atoms with Crippen molar-refractivity contribution >= 4 is 17.2 Å². The molecular weight excluding hydrogens is 335 g/mol. The summed E-state index contributed by atoms with van der Waals surface area (Å²) < 4.78 is 40.4. The number of carbonyl (C=O) groups is 1. The normalized spacial score (nSPS) is 11.5. The minimum Gasteiger partial charge on any atom is -0.316 e. The molecule has 1 amide bonds. The van der Waals surface area contributed by atoms with E-state index in [2.05, 4.69) is 10.3 Å². The third kappa shape index (κ3) is 3.10. The number of fused-ring (bicyclic) bond motifs is 1. The van der Waals surface area contributed by atoms with E-state index in [0.29, 0.717) is 5.65 Å². The summed E-state index contributed by atoms with van der Waals surface area (Å²) in [4.78, 5) is 29.0. The fraction of sp³-hybridized carbons (Fsp3) is 0.118. The van der Waals surface area contributed by atoms with Crippen molar-refractivity contribution in [3.05, 3.63) is 75.8 Å². The zero-order valence-corrected chi connectivity index (χ0v) is 13.0. The molecule has 25 heavy (non-hydrogen) atoms. The van der Waals surface area contributed by atoms with E-state index in [-0.39, 0.29) is 11.4 Å². The van der Waals surface area contributed by atoms with Gasteiger partial charge >= 0.3 is 6.18 Å². The average Bonchev–Trinajstić information content (AvgIpc) is 2.57. The average molecular weight is 347 g/mol. The number of aryl methyl sites for hydroxylation is 1. The van der Waals surface area contributed by atoms with Crippen LogP contribution in [0.15, 0.2) is 53.5 Å². The fourth-order valence-corrected chi connectivity index (χ4v) is 2.45. The molecule has 0 bridgehead atoms. The van der Waals surface area contributed by atoms with Gasteiger partial charge in [-0.2, -0.15) is 13.2 Å². The number of nitrogens with zero attached hydrogens (tertiary/aromatic N) is 2. The van der Waals surface area contributed by atoms with Gasteiger partial charge in [0.15, 0.2) is 0 Å². The second-order valence-electron chi connectivity index (χ2n) is 5.30. The second kappa shape index (κ2) is 6.04. The van der Waals surface area contributed by atoms with Crippen molar-refractivity contribution in [2.75, 3.05) is 5.32 Å². The molecule has 8 heteroatoms. The highest BCUT2D eigenvalue weighted by Gasteiger charge is 2.35. The van der Waals surface area contributed by atoms with Crippen LogP contribution in [0.2, 0.25) is 0 Å². The molecule has 1 aromatic carbocycles. The van der Waals surface area contributed by atoms with Gasteiger partial charge in [-0.3, -0.25) is 14.0 Å². The maximum atomic E-state index is 13.1. The fourth-order valence-electron chi connectivity index (χ4n) is 2.45. The number of benzene rings is 1. The number of nitrogens with one attached hydrogen (secondary N) is 1. The van der Waals surface area contributed by atoms with Gasteiger partial charge in [0.1, 0.15) is 11.3 Å².